The van der Waals surface area contributed by atoms with E-state index in [1.54, 1.807) is 54.6 Å². The highest BCUT2D eigenvalue weighted by Gasteiger charge is 2.21. The van der Waals surface area contributed by atoms with Crippen LogP contribution in [0.25, 0.3) is 0 Å². The molecule has 0 bridgehead atoms. The van der Waals surface area contributed by atoms with E-state index in [-0.39, 0.29) is 10.8 Å². The van der Waals surface area contributed by atoms with Gasteiger partial charge in [-0.2, -0.15) is 0 Å². The molecule has 0 saturated heterocycles. The molecule has 0 saturated carbocycles. The Labute approximate surface area is 149 Å². The Balaban J connectivity index is 2.16. The van der Waals surface area contributed by atoms with E-state index in [4.69, 9.17) is 0 Å². The molecule has 1 amide bonds. The summed E-state index contributed by atoms with van der Waals surface area (Å²) in [5.74, 6) is -0.191. The topological polar surface area (TPSA) is 66.5 Å². The van der Waals surface area contributed by atoms with Crippen LogP contribution in [0.1, 0.15) is 36.5 Å². The number of hydrogen-bond acceptors (Lipinski definition) is 3. The van der Waals surface area contributed by atoms with Gasteiger partial charge in [0, 0.05) is 19.2 Å². The lowest BCUT2D eigenvalue weighted by molar-refractivity contribution is 0.0953. The first kappa shape index (κ1) is 19.0. The van der Waals surface area contributed by atoms with Gasteiger partial charge in [0.2, 0.25) is 0 Å². The quantitative estimate of drug-likeness (QED) is 0.734. The first-order valence-electron chi connectivity index (χ1n) is 8.39. The van der Waals surface area contributed by atoms with Crippen molar-refractivity contribution in [3.63, 3.8) is 0 Å². The monoisotopic (exact) mass is 360 g/mol. The first-order chi connectivity index (χ1) is 12.0. The van der Waals surface area contributed by atoms with Crippen LogP contribution in [0.3, 0.4) is 0 Å². The van der Waals surface area contributed by atoms with Crippen molar-refractivity contribution in [2.24, 2.45) is 0 Å². The second kappa shape index (κ2) is 8.67. The van der Waals surface area contributed by atoms with Gasteiger partial charge < -0.3 is 5.32 Å². The average Bonchev–Trinajstić information content (AvgIpc) is 2.65. The number of sulfonamides is 1. The normalized spacial score (nSPS) is 11.1. The Kier molecular flexibility index (Phi) is 6.58. The third-order valence-electron chi connectivity index (χ3n) is 3.94. The maximum absolute atomic E-state index is 12.7. The van der Waals surface area contributed by atoms with E-state index < -0.39 is 10.0 Å². The van der Waals surface area contributed by atoms with Gasteiger partial charge in [-0.1, -0.05) is 44.0 Å². The van der Waals surface area contributed by atoms with E-state index in [0.29, 0.717) is 17.8 Å². The van der Waals surface area contributed by atoms with Crippen molar-refractivity contribution in [1.29, 1.82) is 0 Å². The standard InChI is InChI=1S/C19H24N2O3S/c1-3-4-8-14-20-19(22)16-10-9-11-17(15-16)21(2)25(23,24)18-12-6-5-7-13-18/h5-7,9-13,15H,3-4,8,14H2,1-2H3,(H,20,22). The molecule has 0 spiro atoms. The lowest BCUT2D eigenvalue weighted by atomic mass is 10.2. The third kappa shape index (κ3) is 4.82. The molecular formula is C19H24N2O3S. The van der Waals surface area contributed by atoms with Crippen LogP contribution in [0.5, 0.6) is 0 Å². The van der Waals surface area contributed by atoms with Crippen LogP contribution in [0, 0.1) is 0 Å². The Morgan fingerprint density at radius 1 is 1.04 bits per heavy atom. The molecular weight excluding hydrogens is 336 g/mol. The lowest BCUT2D eigenvalue weighted by Crippen LogP contribution is -2.28. The number of amides is 1. The van der Waals surface area contributed by atoms with E-state index in [9.17, 15) is 13.2 Å². The van der Waals surface area contributed by atoms with Crippen LogP contribution in [-0.2, 0) is 10.0 Å². The molecule has 6 heteroatoms. The third-order valence-corrected chi connectivity index (χ3v) is 5.74. The number of nitrogens with zero attached hydrogens (tertiary/aromatic N) is 1. The van der Waals surface area contributed by atoms with E-state index in [2.05, 4.69) is 12.2 Å². The van der Waals surface area contributed by atoms with Gasteiger partial charge in [-0.05, 0) is 36.8 Å². The van der Waals surface area contributed by atoms with Crippen LogP contribution >= 0.6 is 0 Å². The van der Waals surface area contributed by atoms with Crippen molar-refractivity contribution in [1.82, 2.24) is 5.32 Å². The highest BCUT2D eigenvalue weighted by molar-refractivity contribution is 7.92. The molecule has 2 aromatic rings. The minimum absolute atomic E-state index is 0.191. The average molecular weight is 360 g/mol. The van der Waals surface area contributed by atoms with Gasteiger partial charge in [-0.15, -0.1) is 0 Å². The SMILES string of the molecule is CCCCCNC(=O)c1cccc(N(C)S(=O)(=O)c2ccccc2)c1. The lowest BCUT2D eigenvalue weighted by Gasteiger charge is -2.20. The molecule has 0 aliphatic carbocycles. The number of anilines is 1. The number of carbonyl (C=O) groups is 1. The van der Waals surface area contributed by atoms with E-state index in [1.165, 1.54) is 11.4 Å². The molecule has 2 aromatic carbocycles. The number of unbranched alkanes of at least 4 members (excludes halogenated alkanes) is 2. The summed E-state index contributed by atoms with van der Waals surface area (Å²) in [5, 5.41) is 2.86. The fourth-order valence-electron chi connectivity index (χ4n) is 2.41. The summed E-state index contributed by atoms with van der Waals surface area (Å²) in [7, 11) is -2.17. The van der Waals surface area contributed by atoms with Crippen molar-refractivity contribution in [2.45, 2.75) is 31.1 Å². The second-order valence-corrected chi connectivity index (χ2v) is 7.77. The number of nitrogens with one attached hydrogen (secondary N) is 1. The van der Waals surface area contributed by atoms with Crippen LogP contribution in [0.4, 0.5) is 5.69 Å². The van der Waals surface area contributed by atoms with Crippen LogP contribution in [0.2, 0.25) is 0 Å². The van der Waals surface area contributed by atoms with Crippen LogP contribution in [0.15, 0.2) is 59.5 Å². The fraction of sp³-hybridized carbons (Fsp3) is 0.316. The zero-order valence-electron chi connectivity index (χ0n) is 14.6. The molecule has 2 rings (SSSR count). The largest absolute Gasteiger partial charge is 0.352 e. The second-order valence-electron chi connectivity index (χ2n) is 5.80. The molecule has 0 aliphatic heterocycles. The maximum Gasteiger partial charge on any atom is 0.264 e. The Morgan fingerprint density at radius 3 is 2.44 bits per heavy atom. The molecule has 0 unspecified atom stereocenters. The molecule has 5 nitrogen and oxygen atoms in total. The molecule has 0 heterocycles. The van der Waals surface area contributed by atoms with Gasteiger partial charge in [0.05, 0.1) is 10.6 Å². The summed E-state index contributed by atoms with van der Waals surface area (Å²) >= 11 is 0. The van der Waals surface area contributed by atoms with Crippen molar-refractivity contribution in [3.05, 3.63) is 60.2 Å². The molecule has 0 aliphatic rings. The minimum atomic E-state index is -3.66. The van der Waals surface area contributed by atoms with Gasteiger partial charge in [0.25, 0.3) is 15.9 Å². The van der Waals surface area contributed by atoms with Crippen molar-refractivity contribution in [2.75, 3.05) is 17.9 Å². The van der Waals surface area contributed by atoms with E-state index in [0.717, 1.165) is 19.3 Å². The van der Waals surface area contributed by atoms with E-state index >= 15 is 0 Å². The minimum Gasteiger partial charge on any atom is -0.352 e. The van der Waals surface area contributed by atoms with Crippen molar-refractivity contribution < 1.29 is 13.2 Å². The maximum atomic E-state index is 12.7. The Hall–Kier alpha value is -2.34. The van der Waals surface area contributed by atoms with Crippen LogP contribution in [-0.4, -0.2) is 27.9 Å². The summed E-state index contributed by atoms with van der Waals surface area (Å²) in [4.78, 5) is 12.4. The van der Waals surface area contributed by atoms with Gasteiger partial charge in [-0.25, -0.2) is 8.42 Å². The van der Waals surface area contributed by atoms with Crippen molar-refractivity contribution >= 4 is 21.6 Å². The van der Waals surface area contributed by atoms with Gasteiger partial charge >= 0.3 is 0 Å². The number of benzene rings is 2. The number of hydrogen-bond donors (Lipinski definition) is 1. The van der Waals surface area contributed by atoms with Gasteiger partial charge in [0.1, 0.15) is 0 Å². The molecule has 25 heavy (non-hydrogen) atoms. The summed E-state index contributed by atoms with van der Waals surface area (Å²) in [6.45, 7) is 2.73. The smallest absolute Gasteiger partial charge is 0.264 e. The molecule has 1 N–H and O–H groups in total. The Morgan fingerprint density at radius 2 is 1.76 bits per heavy atom. The number of rotatable bonds is 8. The first-order valence-corrected chi connectivity index (χ1v) is 9.83. The van der Waals surface area contributed by atoms with Gasteiger partial charge in [-0.3, -0.25) is 9.10 Å². The summed E-state index contributed by atoms with van der Waals surface area (Å²) in [6.07, 6.45) is 3.09. The van der Waals surface area contributed by atoms with E-state index in [1.807, 2.05) is 0 Å². The van der Waals surface area contributed by atoms with Crippen molar-refractivity contribution in [3.8, 4) is 0 Å². The van der Waals surface area contributed by atoms with Crippen LogP contribution < -0.4 is 9.62 Å². The summed E-state index contributed by atoms with van der Waals surface area (Å²) in [5.41, 5.74) is 0.897. The Bertz CT molecular complexity index is 804. The van der Waals surface area contributed by atoms with Gasteiger partial charge in [0.15, 0.2) is 0 Å². The number of carbonyl (C=O) groups excluding carboxylic acids is 1. The zero-order valence-corrected chi connectivity index (χ0v) is 15.4. The predicted octanol–water partition coefficient (Wildman–Crippen LogP) is 3.43. The molecule has 134 valence electrons. The zero-order chi connectivity index (χ0) is 18.3. The predicted molar refractivity (Wildman–Crippen MR) is 100 cm³/mol. The summed E-state index contributed by atoms with van der Waals surface area (Å²) in [6, 6.07) is 14.9. The molecule has 0 atom stereocenters. The summed E-state index contributed by atoms with van der Waals surface area (Å²) < 4.78 is 26.6. The molecule has 0 aromatic heterocycles. The highest BCUT2D eigenvalue weighted by Crippen LogP contribution is 2.22. The molecule has 0 fully saturated rings. The molecule has 0 radical (unpaired) electrons. The highest BCUT2D eigenvalue weighted by atomic mass is 32.2. The fourth-order valence-corrected chi connectivity index (χ4v) is 3.62.